The Bertz CT molecular complexity index is 4070. The molecule has 0 nitrogen and oxygen atoms in total. The van der Waals surface area contributed by atoms with E-state index in [1.54, 1.807) is 0 Å². The van der Waals surface area contributed by atoms with Crippen molar-refractivity contribution in [2.24, 2.45) is 0 Å². The van der Waals surface area contributed by atoms with E-state index in [1.807, 2.05) is 0 Å². The largest absolute Gasteiger partial charge is 0.0616 e. The third-order valence-electron chi connectivity index (χ3n) is 14.0. The van der Waals surface area contributed by atoms with Gasteiger partial charge in [-0.2, -0.15) is 0 Å². The normalized spacial score (nSPS) is 11.5. The van der Waals surface area contributed by atoms with E-state index in [2.05, 4.69) is 267 Å². The fourth-order valence-corrected chi connectivity index (χ4v) is 10.7. The summed E-state index contributed by atoms with van der Waals surface area (Å²) in [5.41, 5.74) is 10.2. The highest BCUT2D eigenvalue weighted by molar-refractivity contribution is 6.22. The third kappa shape index (κ3) is 6.94. The Balaban J connectivity index is 0.000000134. The lowest BCUT2D eigenvalue weighted by Crippen LogP contribution is -1.91. The number of hydrogen-bond donors (Lipinski definition) is 0. The number of hydrogen-bond acceptors (Lipinski definition) is 0. The summed E-state index contributed by atoms with van der Waals surface area (Å²) in [7, 11) is 0. The maximum atomic E-state index is 2.36. The molecule has 0 atom stereocenters. The van der Waals surface area contributed by atoms with Gasteiger partial charge in [-0.15, -0.1) is 0 Å². The Morgan fingerprint density at radius 3 is 0.824 bits per heavy atom. The first-order chi connectivity index (χ1) is 33.7. The first-order valence-corrected chi connectivity index (χ1v) is 23.6. The van der Waals surface area contributed by atoms with Crippen LogP contribution in [0.2, 0.25) is 0 Å². The van der Waals surface area contributed by atoms with Crippen LogP contribution in [0.4, 0.5) is 0 Å². The van der Waals surface area contributed by atoms with Crippen molar-refractivity contribution in [3.8, 4) is 44.5 Å². The second-order valence-corrected chi connectivity index (χ2v) is 18.0. The molecule has 0 aliphatic carbocycles. The average molecular weight is 861 g/mol. The van der Waals surface area contributed by atoms with E-state index >= 15 is 0 Å². The molecule has 0 heteroatoms. The van der Waals surface area contributed by atoms with Crippen molar-refractivity contribution < 1.29 is 0 Å². The summed E-state index contributed by atoms with van der Waals surface area (Å²) in [6.45, 7) is 0. The van der Waals surface area contributed by atoms with Crippen molar-refractivity contribution in [2.75, 3.05) is 0 Å². The molecular weight excluding hydrogens is 817 g/mol. The van der Waals surface area contributed by atoms with Gasteiger partial charge in [-0.3, -0.25) is 0 Å². The molecule has 0 amide bonds. The van der Waals surface area contributed by atoms with E-state index in [0.717, 1.165) is 0 Å². The van der Waals surface area contributed by atoms with Gasteiger partial charge in [-0.25, -0.2) is 0 Å². The van der Waals surface area contributed by atoms with Crippen LogP contribution in [-0.4, -0.2) is 0 Å². The van der Waals surface area contributed by atoms with Gasteiger partial charge in [-0.05, 0) is 167 Å². The summed E-state index contributed by atoms with van der Waals surface area (Å²) < 4.78 is 0. The van der Waals surface area contributed by atoms with E-state index in [1.165, 1.54) is 131 Å². The number of benzene rings is 14. The second-order valence-electron chi connectivity index (χ2n) is 18.0. The van der Waals surface area contributed by atoms with Crippen LogP contribution in [0.3, 0.4) is 0 Å². The predicted octanol–water partition coefficient (Wildman–Crippen LogP) is 19.3. The minimum atomic E-state index is 1.25. The highest BCUT2D eigenvalue weighted by Crippen LogP contribution is 2.45. The lowest BCUT2D eigenvalue weighted by atomic mass is 9.85. The van der Waals surface area contributed by atoms with Gasteiger partial charge in [0.2, 0.25) is 0 Å². The summed E-state index contributed by atoms with van der Waals surface area (Å²) in [6, 6.07) is 97.4. The maximum absolute atomic E-state index is 2.36. The standard InChI is InChI=1S/2C34H22/c1-3-11-25-21-27(19-17-23(25)9-1)33-29-13-5-7-15-31(29)34(32-16-8-6-14-30(32)33)28-20-18-24-10-2-4-12-26(24)22-28;1-3-9-25-19-29(15-13-23(25)7-1)32-18-17-30-20-27-11-5-6-12-28(27)22-33(30)34(32)31-16-14-24-8-2-4-10-26(24)21-31/h2*1-22H. The van der Waals surface area contributed by atoms with Gasteiger partial charge in [0.1, 0.15) is 0 Å². The SMILES string of the molecule is c1ccc2cc(-c3c4ccccc4c(-c4ccc5ccccc5c4)c4ccccc34)ccc2c1.c1ccc2cc(-c3ccc4cc5ccccc5cc4c3-c3ccc4ccccc4c3)ccc2c1. The second kappa shape index (κ2) is 16.5. The van der Waals surface area contributed by atoms with Crippen molar-refractivity contribution >= 4 is 86.2 Å². The quantitative estimate of drug-likeness (QED) is 0.155. The van der Waals surface area contributed by atoms with Crippen LogP contribution < -0.4 is 0 Å². The van der Waals surface area contributed by atoms with Crippen molar-refractivity contribution in [1.29, 1.82) is 0 Å². The molecule has 316 valence electrons. The van der Waals surface area contributed by atoms with Crippen molar-refractivity contribution in [3.63, 3.8) is 0 Å². The van der Waals surface area contributed by atoms with Gasteiger partial charge in [0.15, 0.2) is 0 Å². The Labute approximate surface area is 395 Å². The molecule has 0 saturated heterocycles. The molecule has 0 aliphatic heterocycles. The molecule has 0 heterocycles. The lowest BCUT2D eigenvalue weighted by Gasteiger charge is -2.18. The number of fused-ring (bicyclic) bond motifs is 8. The Kier molecular flexibility index (Phi) is 9.62. The Hall–Kier alpha value is -8.84. The van der Waals surface area contributed by atoms with Crippen LogP contribution in [0.1, 0.15) is 0 Å². The van der Waals surface area contributed by atoms with Crippen LogP contribution in [0, 0.1) is 0 Å². The highest BCUT2D eigenvalue weighted by Gasteiger charge is 2.18. The lowest BCUT2D eigenvalue weighted by molar-refractivity contribution is 1.64. The Morgan fingerprint density at radius 1 is 0.147 bits per heavy atom. The molecule has 0 N–H and O–H groups in total. The molecule has 14 aromatic carbocycles. The fourth-order valence-electron chi connectivity index (χ4n) is 10.7. The van der Waals surface area contributed by atoms with Crippen LogP contribution in [0.25, 0.3) is 131 Å². The molecule has 0 aromatic heterocycles. The van der Waals surface area contributed by atoms with E-state index in [9.17, 15) is 0 Å². The molecule has 0 unspecified atom stereocenters. The number of rotatable bonds is 4. The predicted molar refractivity (Wildman–Crippen MR) is 295 cm³/mol. The zero-order valence-electron chi connectivity index (χ0n) is 37.4. The van der Waals surface area contributed by atoms with Crippen LogP contribution in [0.5, 0.6) is 0 Å². The van der Waals surface area contributed by atoms with Crippen LogP contribution in [0.15, 0.2) is 267 Å². The summed E-state index contributed by atoms with van der Waals surface area (Å²) in [5, 5.41) is 20.4. The molecule has 0 radical (unpaired) electrons. The minimum absolute atomic E-state index is 1.25. The monoisotopic (exact) mass is 860 g/mol. The molecule has 0 aliphatic rings. The van der Waals surface area contributed by atoms with Gasteiger partial charge in [0, 0.05) is 0 Å². The Morgan fingerprint density at radius 2 is 0.426 bits per heavy atom. The molecular formula is C68H44. The van der Waals surface area contributed by atoms with Gasteiger partial charge < -0.3 is 0 Å². The van der Waals surface area contributed by atoms with Crippen LogP contribution in [-0.2, 0) is 0 Å². The summed E-state index contributed by atoms with van der Waals surface area (Å²) >= 11 is 0. The molecule has 0 bridgehead atoms. The first kappa shape index (κ1) is 39.5. The van der Waals surface area contributed by atoms with Crippen molar-refractivity contribution in [1.82, 2.24) is 0 Å². The van der Waals surface area contributed by atoms with Crippen molar-refractivity contribution in [3.05, 3.63) is 267 Å². The molecule has 14 aromatic rings. The fraction of sp³-hybridized carbons (Fsp3) is 0. The summed E-state index contributed by atoms with van der Waals surface area (Å²) in [6.07, 6.45) is 0. The summed E-state index contributed by atoms with van der Waals surface area (Å²) in [5.74, 6) is 0. The third-order valence-corrected chi connectivity index (χ3v) is 14.0. The average Bonchev–Trinajstić information content (AvgIpc) is 3.41. The molecule has 0 saturated carbocycles. The highest BCUT2D eigenvalue weighted by atomic mass is 14.2. The maximum Gasteiger partial charge on any atom is -0.00262 e. The first-order valence-electron chi connectivity index (χ1n) is 23.6. The van der Waals surface area contributed by atoms with E-state index in [4.69, 9.17) is 0 Å². The van der Waals surface area contributed by atoms with Gasteiger partial charge >= 0.3 is 0 Å². The molecule has 68 heavy (non-hydrogen) atoms. The summed E-state index contributed by atoms with van der Waals surface area (Å²) in [4.78, 5) is 0. The van der Waals surface area contributed by atoms with E-state index < -0.39 is 0 Å². The topological polar surface area (TPSA) is 0 Å². The minimum Gasteiger partial charge on any atom is -0.0616 e. The molecule has 14 rings (SSSR count). The molecule has 0 spiro atoms. The molecule has 0 fully saturated rings. The van der Waals surface area contributed by atoms with E-state index in [-0.39, 0.29) is 0 Å². The van der Waals surface area contributed by atoms with E-state index in [0.29, 0.717) is 0 Å². The van der Waals surface area contributed by atoms with Gasteiger partial charge in [0.25, 0.3) is 0 Å². The zero-order chi connectivity index (χ0) is 45.0. The van der Waals surface area contributed by atoms with Gasteiger partial charge in [0.05, 0.1) is 0 Å². The smallest absolute Gasteiger partial charge is 0.00262 e. The van der Waals surface area contributed by atoms with Crippen LogP contribution >= 0.6 is 0 Å². The van der Waals surface area contributed by atoms with Gasteiger partial charge in [-0.1, -0.05) is 231 Å². The zero-order valence-corrected chi connectivity index (χ0v) is 37.4. The van der Waals surface area contributed by atoms with Crippen molar-refractivity contribution in [2.45, 2.75) is 0 Å².